The molecule has 0 saturated carbocycles. The largest absolute Gasteiger partial charge is 0.144 e. The van der Waals surface area contributed by atoms with Crippen LogP contribution < -0.4 is 0 Å². The molecular weight excluding hydrogens is 299 g/mol. The van der Waals surface area contributed by atoms with Crippen molar-refractivity contribution in [3.8, 4) is 0 Å². The maximum atomic E-state index is 5.68. The molecule has 0 aliphatic heterocycles. The third-order valence-electron chi connectivity index (χ3n) is 2.24. The van der Waals surface area contributed by atoms with Gasteiger partial charge < -0.3 is 0 Å². The van der Waals surface area contributed by atoms with E-state index in [0.29, 0.717) is 10.0 Å². The van der Waals surface area contributed by atoms with Gasteiger partial charge in [0.15, 0.2) is 0 Å². The van der Waals surface area contributed by atoms with Crippen molar-refractivity contribution in [3.05, 3.63) is 43.8 Å². The molecule has 0 aliphatic carbocycles. The van der Waals surface area contributed by atoms with Gasteiger partial charge in [0.1, 0.15) is 10.0 Å². The SMILES string of the molecule is Cc1ccc(Cl)c(Cl)c1.Cc1nnc(C(C)(C)C)s1. The van der Waals surface area contributed by atoms with Gasteiger partial charge in [-0.15, -0.1) is 21.5 Å². The lowest BCUT2D eigenvalue weighted by atomic mass is 9.98. The normalized spacial score (nSPS) is 10.9. The maximum absolute atomic E-state index is 5.68. The fraction of sp³-hybridized carbons (Fsp3) is 0.429. The van der Waals surface area contributed by atoms with Crippen molar-refractivity contribution in [3.63, 3.8) is 0 Å². The fourth-order valence-corrected chi connectivity index (χ4v) is 2.30. The molecule has 0 spiro atoms. The van der Waals surface area contributed by atoms with Crippen LogP contribution in [0, 0.1) is 13.8 Å². The van der Waals surface area contributed by atoms with Crippen LogP contribution in [0.25, 0.3) is 0 Å². The summed E-state index contributed by atoms with van der Waals surface area (Å²) in [4.78, 5) is 0. The summed E-state index contributed by atoms with van der Waals surface area (Å²) in [5.74, 6) is 0. The molecule has 2 aromatic rings. The van der Waals surface area contributed by atoms with Crippen molar-refractivity contribution in [2.45, 2.75) is 40.0 Å². The Balaban J connectivity index is 0.000000191. The average Bonchev–Trinajstić information content (AvgIpc) is 2.71. The zero-order valence-corrected chi connectivity index (χ0v) is 14.1. The van der Waals surface area contributed by atoms with Crippen LogP contribution >= 0.6 is 34.5 Å². The number of nitrogens with zero attached hydrogens (tertiary/aromatic N) is 2. The Hall–Kier alpha value is -0.640. The third kappa shape index (κ3) is 5.47. The van der Waals surface area contributed by atoms with Crippen LogP contribution in [-0.2, 0) is 5.41 Å². The number of hydrogen-bond acceptors (Lipinski definition) is 3. The lowest BCUT2D eigenvalue weighted by Gasteiger charge is -2.12. The predicted octanol–water partition coefficient (Wildman–Crippen LogP) is 5.45. The molecule has 0 radical (unpaired) electrons. The summed E-state index contributed by atoms with van der Waals surface area (Å²) in [7, 11) is 0. The van der Waals surface area contributed by atoms with Crippen LogP contribution in [0.5, 0.6) is 0 Å². The van der Waals surface area contributed by atoms with Gasteiger partial charge in [0.05, 0.1) is 10.0 Å². The minimum atomic E-state index is 0.159. The minimum absolute atomic E-state index is 0.159. The lowest BCUT2D eigenvalue weighted by Crippen LogP contribution is -2.10. The van der Waals surface area contributed by atoms with Crippen molar-refractivity contribution >= 4 is 34.5 Å². The Morgan fingerprint density at radius 2 is 1.63 bits per heavy atom. The Morgan fingerprint density at radius 1 is 1.00 bits per heavy atom. The third-order valence-corrected chi connectivity index (χ3v) is 4.25. The highest BCUT2D eigenvalue weighted by atomic mass is 35.5. The second-order valence-corrected chi connectivity index (χ2v) is 7.29. The molecule has 0 saturated heterocycles. The summed E-state index contributed by atoms with van der Waals surface area (Å²) in [6, 6.07) is 5.55. The Bertz CT molecular complexity index is 545. The molecule has 19 heavy (non-hydrogen) atoms. The molecule has 5 heteroatoms. The van der Waals surface area contributed by atoms with E-state index >= 15 is 0 Å². The number of hydrogen-bond donors (Lipinski definition) is 0. The van der Waals surface area contributed by atoms with E-state index in [4.69, 9.17) is 23.2 Å². The highest BCUT2D eigenvalue weighted by Gasteiger charge is 2.17. The van der Waals surface area contributed by atoms with E-state index in [2.05, 4.69) is 31.0 Å². The molecule has 0 aliphatic rings. The number of aromatic nitrogens is 2. The summed E-state index contributed by atoms with van der Waals surface area (Å²) in [6.45, 7) is 10.4. The van der Waals surface area contributed by atoms with Gasteiger partial charge in [-0.25, -0.2) is 0 Å². The van der Waals surface area contributed by atoms with Gasteiger partial charge in [-0.3, -0.25) is 0 Å². The number of halogens is 2. The van der Waals surface area contributed by atoms with Gasteiger partial charge in [-0.05, 0) is 31.5 Å². The molecule has 0 unspecified atom stereocenters. The summed E-state index contributed by atoms with van der Waals surface area (Å²) >= 11 is 13.0. The Morgan fingerprint density at radius 3 is 1.95 bits per heavy atom. The van der Waals surface area contributed by atoms with E-state index in [1.165, 1.54) is 0 Å². The topological polar surface area (TPSA) is 25.8 Å². The monoisotopic (exact) mass is 316 g/mol. The van der Waals surface area contributed by atoms with Crippen molar-refractivity contribution in [1.82, 2.24) is 10.2 Å². The molecule has 0 fully saturated rings. The zero-order chi connectivity index (χ0) is 14.6. The summed E-state index contributed by atoms with van der Waals surface area (Å²) in [6.07, 6.45) is 0. The van der Waals surface area contributed by atoms with Gasteiger partial charge in [-0.2, -0.15) is 0 Å². The molecule has 1 aromatic carbocycles. The van der Waals surface area contributed by atoms with Crippen molar-refractivity contribution in [2.24, 2.45) is 0 Å². The van der Waals surface area contributed by atoms with Crippen LogP contribution in [0.4, 0.5) is 0 Å². The van der Waals surface area contributed by atoms with Crippen molar-refractivity contribution < 1.29 is 0 Å². The number of benzene rings is 1. The van der Waals surface area contributed by atoms with E-state index in [0.717, 1.165) is 15.6 Å². The average molecular weight is 317 g/mol. The smallest absolute Gasteiger partial charge is 0.122 e. The molecule has 0 bridgehead atoms. The summed E-state index contributed by atoms with van der Waals surface area (Å²) in [5, 5.41) is 11.4. The maximum Gasteiger partial charge on any atom is 0.122 e. The molecule has 1 aromatic heterocycles. The number of rotatable bonds is 0. The van der Waals surface area contributed by atoms with Gasteiger partial charge in [-0.1, -0.05) is 50.0 Å². The molecule has 2 nitrogen and oxygen atoms in total. The first-order chi connectivity index (χ1) is 8.70. The molecule has 1 heterocycles. The van der Waals surface area contributed by atoms with Gasteiger partial charge in [0.2, 0.25) is 0 Å². The van der Waals surface area contributed by atoms with Gasteiger partial charge in [0.25, 0.3) is 0 Å². The summed E-state index contributed by atoms with van der Waals surface area (Å²) in [5.41, 5.74) is 1.29. The van der Waals surface area contributed by atoms with E-state index in [1.54, 1.807) is 17.4 Å². The quantitative estimate of drug-likeness (QED) is 0.646. The highest BCUT2D eigenvalue weighted by molar-refractivity contribution is 7.11. The van der Waals surface area contributed by atoms with E-state index in [-0.39, 0.29) is 5.41 Å². The van der Waals surface area contributed by atoms with Crippen molar-refractivity contribution in [2.75, 3.05) is 0 Å². The molecule has 104 valence electrons. The minimum Gasteiger partial charge on any atom is -0.144 e. The van der Waals surface area contributed by atoms with Crippen LogP contribution in [0.3, 0.4) is 0 Å². The highest BCUT2D eigenvalue weighted by Crippen LogP contribution is 2.24. The molecule has 0 N–H and O–H groups in total. The predicted molar refractivity (Wildman–Crippen MR) is 84.5 cm³/mol. The Kier molecular flexibility index (Phi) is 5.78. The van der Waals surface area contributed by atoms with Gasteiger partial charge >= 0.3 is 0 Å². The zero-order valence-electron chi connectivity index (χ0n) is 11.8. The second-order valence-electron chi connectivity index (χ2n) is 5.29. The molecule has 2 rings (SSSR count). The number of aryl methyl sites for hydroxylation is 2. The fourth-order valence-electron chi connectivity index (χ4n) is 1.20. The first-order valence-electron chi connectivity index (χ1n) is 5.92. The van der Waals surface area contributed by atoms with Crippen LogP contribution in [0.2, 0.25) is 10.0 Å². The first-order valence-corrected chi connectivity index (χ1v) is 7.49. The lowest BCUT2D eigenvalue weighted by molar-refractivity contribution is 0.578. The van der Waals surface area contributed by atoms with Gasteiger partial charge in [0, 0.05) is 5.41 Å². The standard InChI is InChI=1S/C7H6Cl2.C7H12N2S/c1-5-2-3-6(8)7(9)4-5;1-5-8-9-6(10-5)7(2,3)4/h2-4H,1H3;1-4H3. The van der Waals surface area contributed by atoms with Crippen LogP contribution in [-0.4, -0.2) is 10.2 Å². The summed E-state index contributed by atoms with van der Waals surface area (Å²) < 4.78 is 0. The van der Waals surface area contributed by atoms with Crippen LogP contribution in [0.1, 0.15) is 36.3 Å². The van der Waals surface area contributed by atoms with Crippen LogP contribution in [0.15, 0.2) is 18.2 Å². The first kappa shape index (κ1) is 16.4. The van der Waals surface area contributed by atoms with Crippen molar-refractivity contribution in [1.29, 1.82) is 0 Å². The molecule has 0 amide bonds. The second kappa shape index (κ2) is 6.69. The van der Waals surface area contributed by atoms with E-state index in [1.807, 2.05) is 26.0 Å². The Labute approximate surface area is 128 Å². The van der Waals surface area contributed by atoms with E-state index < -0.39 is 0 Å². The molecule has 0 atom stereocenters. The molecular formula is C14H18Cl2N2S. The van der Waals surface area contributed by atoms with E-state index in [9.17, 15) is 0 Å².